The summed E-state index contributed by atoms with van der Waals surface area (Å²) in [6.07, 6.45) is 8.38. The van der Waals surface area contributed by atoms with E-state index in [1.165, 1.54) is 0 Å². The van der Waals surface area contributed by atoms with E-state index in [1.54, 1.807) is 0 Å². The molecule has 1 aliphatic rings. The van der Waals surface area contributed by atoms with Crippen LogP contribution in [0.3, 0.4) is 0 Å². The van der Waals surface area contributed by atoms with Crippen LogP contribution in [-0.4, -0.2) is 23.2 Å². The molecule has 1 aliphatic heterocycles. The first-order chi connectivity index (χ1) is 5.74. The Labute approximate surface area is 72.2 Å². The molecule has 12 heavy (non-hydrogen) atoms. The lowest BCUT2D eigenvalue weighted by Crippen LogP contribution is -2.35. The van der Waals surface area contributed by atoms with Crippen LogP contribution >= 0.6 is 0 Å². The van der Waals surface area contributed by atoms with Gasteiger partial charge in [0.25, 0.3) is 0 Å². The zero-order chi connectivity index (χ0) is 8.97. The third kappa shape index (κ3) is 2.24. The number of rotatable bonds is 3. The van der Waals surface area contributed by atoms with Gasteiger partial charge < -0.3 is 10.4 Å². The second-order valence-corrected chi connectivity index (χ2v) is 3.07. The van der Waals surface area contributed by atoms with Crippen molar-refractivity contribution >= 4 is 5.97 Å². The Kier molecular flexibility index (Phi) is 3.12. The van der Waals surface area contributed by atoms with Crippen molar-refractivity contribution in [2.45, 2.75) is 37.8 Å². The Morgan fingerprint density at radius 1 is 1.67 bits per heavy atom. The van der Waals surface area contributed by atoms with Crippen LogP contribution in [0.2, 0.25) is 0 Å². The fourth-order valence-corrected chi connectivity index (χ4v) is 1.50. The lowest BCUT2D eigenvalue weighted by atomic mass is 10.1. The normalized spacial score (nSPS) is 28.2. The molecule has 0 spiro atoms. The Balaban J connectivity index is 2.27. The predicted molar refractivity (Wildman–Crippen MR) is 45.6 cm³/mol. The van der Waals surface area contributed by atoms with Crippen molar-refractivity contribution in [3.63, 3.8) is 0 Å². The molecule has 1 saturated heterocycles. The molecule has 1 rings (SSSR count). The largest absolute Gasteiger partial charge is 0.480 e. The number of nitrogens with one attached hydrogen (secondary N) is 1. The number of carbonyl (C=O) groups is 1. The van der Waals surface area contributed by atoms with Crippen molar-refractivity contribution in [1.82, 2.24) is 5.32 Å². The summed E-state index contributed by atoms with van der Waals surface area (Å²) in [7, 11) is 0. The van der Waals surface area contributed by atoms with E-state index in [0.29, 0.717) is 6.04 Å². The summed E-state index contributed by atoms with van der Waals surface area (Å²) in [6, 6.07) is -0.0464. The number of carboxylic acid groups (broad SMARTS) is 1. The van der Waals surface area contributed by atoms with Gasteiger partial charge in [-0.1, -0.05) is 0 Å². The molecule has 0 aromatic heterocycles. The molecule has 0 radical (unpaired) electrons. The van der Waals surface area contributed by atoms with Crippen LogP contribution in [0.5, 0.6) is 0 Å². The fraction of sp³-hybridized carbons (Fsp3) is 0.667. The maximum absolute atomic E-state index is 10.5. The molecule has 3 heteroatoms. The number of terminal acetylenes is 1. The summed E-state index contributed by atoms with van der Waals surface area (Å²) in [5.41, 5.74) is 0. The van der Waals surface area contributed by atoms with E-state index >= 15 is 0 Å². The maximum Gasteiger partial charge on any atom is 0.320 e. The molecule has 3 nitrogen and oxygen atoms in total. The molecular weight excluding hydrogens is 154 g/mol. The average Bonchev–Trinajstić information content (AvgIpc) is 2.48. The zero-order valence-corrected chi connectivity index (χ0v) is 6.92. The van der Waals surface area contributed by atoms with Gasteiger partial charge in [-0.15, -0.1) is 12.3 Å². The molecule has 0 aliphatic carbocycles. The third-order valence-electron chi connectivity index (χ3n) is 2.18. The lowest BCUT2D eigenvalue weighted by molar-refractivity contribution is -0.139. The monoisotopic (exact) mass is 167 g/mol. The molecule has 0 aromatic rings. The molecule has 2 N–H and O–H groups in total. The molecule has 0 saturated carbocycles. The van der Waals surface area contributed by atoms with Crippen molar-refractivity contribution in [3.8, 4) is 12.3 Å². The molecule has 0 aromatic carbocycles. The predicted octanol–water partition coefficient (Wildman–Crippen LogP) is 0.605. The van der Waals surface area contributed by atoms with Gasteiger partial charge in [0, 0.05) is 12.5 Å². The molecule has 0 bridgehead atoms. The lowest BCUT2D eigenvalue weighted by Gasteiger charge is -2.09. The number of hydrogen-bond acceptors (Lipinski definition) is 2. The van der Waals surface area contributed by atoms with E-state index in [0.717, 1.165) is 25.7 Å². The number of hydrogen-bond donors (Lipinski definition) is 2. The minimum absolute atomic E-state index is 0.308. The minimum atomic E-state index is -0.752. The molecule has 0 amide bonds. The molecule has 2 unspecified atom stereocenters. The molecule has 1 heterocycles. The van der Waals surface area contributed by atoms with Gasteiger partial charge in [-0.25, -0.2) is 0 Å². The second-order valence-electron chi connectivity index (χ2n) is 3.07. The summed E-state index contributed by atoms with van der Waals surface area (Å²) in [6.45, 7) is 0. The van der Waals surface area contributed by atoms with Crippen LogP contribution in [0, 0.1) is 12.3 Å². The topological polar surface area (TPSA) is 49.3 Å². The van der Waals surface area contributed by atoms with Crippen molar-refractivity contribution in [2.24, 2.45) is 0 Å². The number of aliphatic carboxylic acids is 1. The van der Waals surface area contributed by atoms with E-state index in [1.807, 2.05) is 0 Å². The van der Waals surface area contributed by atoms with Gasteiger partial charge in [0.2, 0.25) is 0 Å². The van der Waals surface area contributed by atoms with Gasteiger partial charge in [-0.3, -0.25) is 4.79 Å². The van der Waals surface area contributed by atoms with Crippen LogP contribution in [0.15, 0.2) is 0 Å². The van der Waals surface area contributed by atoms with Crippen LogP contribution < -0.4 is 5.32 Å². The van der Waals surface area contributed by atoms with Crippen molar-refractivity contribution < 1.29 is 9.90 Å². The van der Waals surface area contributed by atoms with Gasteiger partial charge in [0.1, 0.15) is 6.04 Å². The summed E-state index contributed by atoms with van der Waals surface area (Å²) in [4.78, 5) is 10.5. The van der Waals surface area contributed by atoms with Crippen molar-refractivity contribution in [1.29, 1.82) is 0 Å². The average molecular weight is 167 g/mol. The van der Waals surface area contributed by atoms with Crippen LogP contribution in [0.25, 0.3) is 0 Å². The fourth-order valence-electron chi connectivity index (χ4n) is 1.50. The highest BCUT2D eigenvalue weighted by Crippen LogP contribution is 2.15. The minimum Gasteiger partial charge on any atom is -0.480 e. The van der Waals surface area contributed by atoms with Gasteiger partial charge in [0.15, 0.2) is 0 Å². The van der Waals surface area contributed by atoms with E-state index in [-0.39, 0.29) is 6.04 Å². The van der Waals surface area contributed by atoms with Gasteiger partial charge in [-0.2, -0.15) is 0 Å². The summed E-state index contributed by atoms with van der Waals surface area (Å²) in [5, 5.41) is 11.7. The summed E-state index contributed by atoms with van der Waals surface area (Å²) in [5.74, 6) is 1.80. The smallest absolute Gasteiger partial charge is 0.320 e. The van der Waals surface area contributed by atoms with E-state index < -0.39 is 5.97 Å². The summed E-state index contributed by atoms with van der Waals surface area (Å²) < 4.78 is 0. The van der Waals surface area contributed by atoms with Crippen molar-refractivity contribution in [2.75, 3.05) is 0 Å². The highest BCUT2D eigenvalue weighted by atomic mass is 16.4. The molecule has 1 fully saturated rings. The van der Waals surface area contributed by atoms with Gasteiger partial charge in [-0.05, 0) is 19.3 Å². The molecule has 66 valence electrons. The third-order valence-corrected chi connectivity index (χ3v) is 2.18. The SMILES string of the molecule is C#CCCC1CCC(C(=O)O)N1. The van der Waals surface area contributed by atoms with E-state index in [2.05, 4.69) is 11.2 Å². The Morgan fingerprint density at radius 3 is 2.92 bits per heavy atom. The summed E-state index contributed by atoms with van der Waals surface area (Å²) >= 11 is 0. The molecular formula is C9H13NO2. The highest BCUT2D eigenvalue weighted by molar-refractivity contribution is 5.73. The first kappa shape index (κ1) is 9.08. The first-order valence-electron chi connectivity index (χ1n) is 4.16. The van der Waals surface area contributed by atoms with Crippen molar-refractivity contribution in [3.05, 3.63) is 0 Å². The molecule has 2 atom stereocenters. The Hall–Kier alpha value is -1.01. The quantitative estimate of drug-likeness (QED) is 0.605. The van der Waals surface area contributed by atoms with Gasteiger partial charge >= 0.3 is 5.97 Å². The Bertz CT molecular complexity index is 207. The van der Waals surface area contributed by atoms with Gasteiger partial charge in [0.05, 0.1) is 0 Å². The Morgan fingerprint density at radius 2 is 2.42 bits per heavy atom. The van der Waals surface area contributed by atoms with Crippen LogP contribution in [-0.2, 0) is 4.79 Å². The van der Waals surface area contributed by atoms with Crippen LogP contribution in [0.4, 0.5) is 0 Å². The maximum atomic E-state index is 10.5. The number of carboxylic acids is 1. The first-order valence-corrected chi connectivity index (χ1v) is 4.16. The van der Waals surface area contributed by atoms with E-state index in [9.17, 15) is 4.79 Å². The standard InChI is InChI=1S/C9H13NO2/c1-2-3-4-7-5-6-8(10-7)9(11)12/h1,7-8,10H,3-6H2,(H,11,12). The second kappa shape index (κ2) is 4.13. The van der Waals surface area contributed by atoms with Crippen LogP contribution in [0.1, 0.15) is 25.7 Å². The van der Waals surface area contributed by atoms with E-state index in [4.69, 9.17) is 11.5 Å². The zero-order valence-electron chi connectivity index (χ0n) is 6.92. The highest BCUT2D eigenvalue weighted by Gasteiger charge is 2.27.